The van der Waals surface area contributed by atoms with Gasteiger partial charge in [0.15, 0.2) is 0 Å². The molecule has 1 aliphatic carbocycles. The molecule has 0 spiro atoms. The lowest BCUT2D eigenvalue weighted by atomic mass is 9.85. The molecule has 21 heavy (non-hydrogen) atoms. The van der Waals surface area contributed by atoms with E-state index in [1.807, 2.05) is 30.3 Å². The highest BCUT2D eigenvalue weighted by atomic mass is 16.5. The van der Waals surface area contributed by atoms with E-state index < -0.39 is 0 Å². The van der Waals surface area contributed by atoms with Gasteiger partial charge in [0.2, 0.25) is 0 Å². The van der Waals surface area contributed by atoms with Gasteiger partial charge in [0, 0.05) is 23.5 Å². The Kier molecular flexibility index (Phi) is 3.69. The second-order valence-electron chi connectivity index (χ2n) is 4.91. The van der Waals surface area contributed by atoms with E-state index >= 15 is 0 Å². The van der Waals surface area contributed by atoms with E-state index in [0.29, 0.717) is 0 Å². The molecule has 0 fully saturated rings. The van der Waals surface area contributed by atoms with Crippen LogP contribution >= 0.6 is 0 Å². The molecular formula is C17H17N3O. The molecule has 0 unspecified atom stereocenters. The molecule has 2 N–H and O–H groups in total. The molecular weight excluding hydrogens is 262 g/mol. The second-order valence-corrected chi connectivity index (χ2v) is 4.91. The molecule has 0 radical (unpaired) electrons. The molecule has 0 saturated carbocycles. The quantitative estimate of drug-likeness (QED) is 0.679. The summed E-state index contributed by atoms with van der Waals surface area (Å²) in [6, 6.07) is 9.94. The summed E-state index contributed by atoms with van der Waals surface area (Å²) in [4.78, 5) is 4.04. The maximum atomic E-state index is 5.65. The van der Waals surface area contributed by atoms with Crippen molar-refractivity contribution in [2.45, 2.75) is 12.8 Å². The van der Waals surface area contributed by atoms with E-state index in [1.54, 1.807) is 19.5 Å². The summed E-state index contributed by atoms with van der Waals surface area (Å²) in [6.07, 6.45) is 7.51. The Morgan fingerprint density at radius 2 is 2.00 bits per heavy atom. The Morgan fingerprint density at radius 3 is 2.71 bits per heavy atom. The molecule has 0 saturated heterocycles. The minimum absolute atomic E-state index is 0.840. The SMILES string of the molecule is COc1cccc2c1CCC(=C\c1ccncc1)/C2=N\N. The van der Waals surface area contributed by atoms with Gasteiger partial charge in [-0.15, -0.1) is 0 Å². The molecule has 4 heteroatoms. The molecule has 0 atom stereocenters. The number of nitrogens with two attached hydrogens (primary N) is 1. The predicted molar refractivity (Wildman–Crippen MR) is 84.3 cm³/mol. The van der Waals surface area contributed by atoms with Crippen molar-refractivity contribution >= 4 is 11.8 Å². The summed E-state index contributed by atoms with van der Waals surface area (Å²) in [6.45, 7) is 0. The fourth-order valence-electron chi connectivity index (χ4n) is 2.74. The van der Waals surface area contributed by atoms with Gasteiger partial charge < -0.3 is 10.6 Å². The standard InChI is InChI=1S/C17H17N3O/c1-21-16-4-2-3-15-14(16)6-5-13(17(15)20-18)11-12-7-9-19-10-8-12/h2-4,7-11H,5-6,18H2,1H3/b13-11+,20-17+. The fourth-order valence-corrected chi connectivity index (χ4v) is 2.74. The molecule has 0 amide bonds. The van der Waals surface area contributed by atoms with Crippen LogP contribution in [0.15, 0.2) is 53.4 Å². The number of methoxy groups -OCH3 is 1. The molecule has 0 aliphatic heterocycles. The van der Waals surface area contributed by atoms with Crippen LogP contribution in [-0.4, -0.2) is 17.8 Å². The Bertz CT molecular complexity index is 705. The van der Waals surface area contributed by atoms with Crippen molar-refractivity contribution in [3.05, 3.63) is 65.0 Å². The first-order valence-corrected chi connectivity index (χ1v) is 6.88. The number of rotatable bonds is 2. The molecule has 106 valence electrons. The Hall–Kier alpha value is -2.62. The lowest BCUT2D eigenvalue weighted by Gasteiger charge is -2.22. The van der Waals surface area contributed by atoms with Gasteiger partial charge in [-0.05, 0) is 48.3 Å². The number of benzene rings is 1. The van der Waals surface area contributed by atoms with Crippen LogP contribution in [0.2, 0.25) is 0 Å². The van der Waals surface area contributed by atoms with Crippen molar-refractivity contribution in [1.29, 1.82) is 0 Å². The number of hydrazone groups is 1. The van der Waals surface area contributed by atoms with Crippen LogP contribution in [0.4, 0.5) is 0 Å². The number of hydrogen-bond donors (Lipinski definition) is 1. The van der Waals surface area contributed by atoms with Crippen LogP contribution < -0.4 is 10.6 Å². The van der Waals surface area contributed by atoms with Crippen molar-refractivity contribution in [2.24, 2.45) is 10.9 Å². The molecule has 1 aliphatic rings. The maximum absolute atomic E-state index is 5.65. The number of ether oxygens (including phenoxy) is 1. The Balaban J connectivity index is 2.06. The zero-order chi connectivity index (χ0) is 14.7. The van der Waals surface area contributed by atoms with Gasteiger partial charge in [0.1, 0.15) is 5.75 Å². The number of pyridine rings is 1. The third-order valence-electron chi connectivity index (χ3n) is 3.73. The molecule has 1 heterocycles. The normalized spacial score (nSPS) is 17.8. The third-order valence-corrected chi connectivity index (χ3v) is 3.73. The first-order chi connectivity index (χ1) is 10.3. The average molecular weight is 279 g/mol. The second kappa shape index (κ2) is 5.79. The molecule has 3 rings (SSSR count). The van der Waals surface area contributed by atoms with Crippen molar-refractivity contribution in [2.75, 3.05) is 7.11 Å². The first-order valence-electron chi connectivity index (χ1n) is 6.88. The minimum atomic E-state index is 0.840. The topological polar surface area (TPSA) is 60.5 Å². The number of hydrogen-bond acceptors (Lipinski definition) is 4. The van der Waals surface area contributed by atoms with Gasteiger partial charge >= 0.3 is 0 Å². The van der Waals surface area contributed by atoms with E-state index in [0.717, 1.165) is 41.0 Å². The number of nitrogens with zero attached hydrogens (tertiary/aromatic N) is 2. The molecule has 1 aromatic carbocycles. The summed E-state index contributed by atoms with van der Waals surface area (Å²) >= 11 is 0. The van der Waals surface area contributed by atoms with E-state index in [2.05, 4.69) is 16.2 Å². The smallest absolute Gasteiger partial charge is 0.122 e. The number of allylic oxidation sites excluding steroid dienone is 1. The summed E-state index contributed by atoms with van der Waals surface area (Å²) in [7, 11) is 1.69. The molecule has 0 bridgehead atoms. The summed E-state index contributed by atoms with van der Waals surface area (Å²) in [5.74, 6) is 6.55. The number of aromatic nitrogens is 1. The molecule has 4 nitrogen and oxygen atoms in total. The van der Waals surface area contributed by atoms with Crippen molar-refractivity contribution in [3.8, 4) is 5.75 Å². The predicted octanol–water partition coefficient (Wildman–Crippen LogP) is 2.78. The fraction of sp³-hybridized carbons (Fsp3) is 0.176. The Morgan fingerprint density at radius 1 is 1.19 bits per heavy atom. The Labute approximate surface area is 124 Å². The average Bonchev–Trinajstić information content (AvgIpc) is 2.55. The summed E-state index contributed by atoms with van der Waals surface area (Å²) in [5.41, 5.74) is 5.32. The lowest BCUT2D eigenvalue weighted by Crippen LogP contribution is -2.17. The van der Waals surface area contributed by atoms with Gasteiger partial charge in [-0.3, -0.25) is 4.98 Å². The van der Waals surface area contributed by atoms with Gasteiger partial charge in [-0.2, -0.15) is 5.10 Å². The summed E-state index contributed by atoms with van der Waals surface area (Å²) in [5, 5.41) is 4.02. The van der Waals surface area contributed by atoms with Crippen LogP contribution in [0.25, 0.3) is 6.08 Å². The highest BCUT2D eigenvalue weighted by Gasteiger charge is 2.22. The monoisotopic (exact) mass is 279 g/mol. The van der Waals surface area contributed by atoms with Crippen LogP contribution in [0.5, 0.6) is 5.75 Å². The third kappa shape index (κ3) is 2.52. The zero-order valence-electron chi connectivity index (χ0n) is 11.9. The van der Waals surface area contributed by atoms with Crippen molar-refractivity contribution in [1.82, 2.24) is 4.98 Å². The number of fused-ring (bicyclic) bond motifs is 1. The van der Waals surface area contributed by atoms with E-state index in [-0.39, 0.29) is 0 Å². The van der Waals surface area contributed by atoms with Crippen LogP contribution in [-0.2, 0) is 6.42 Å². The van der Waals surface area contributed by atoms with E-state index in [4.69, 9.17) is 10.6 Å². The van der Waals surface area contributed by atoms with Crippen LogP contribution in [0.1, 0.15) is 23.1 Å². The van der Waals surface area contributed by atoms with Crippen molar-refractivity contribution in [3.63, 3.8) is 0 Å². The highest BCUT2D eigenvalue weighted by Crippen LogP contribution is 2.32. The largest absolute Gasteiger partial charge is 0.496 e. The first kappa shape index (κ1) is 13.4. The van der Waals surface area contributed by atoms with Crippen LogP contribution in [0.3, 0.4) is 0 Å². The molecule has 1 aromatic heterocycles. The maximum Gasteiger partial charge on any atom is 0.122 e. The zero-order valence-corrected chi connectivity index (χ0v) is 11.9. The van der Waals surface area contributed by atoms with E-state index in [9.17, 15) is 0 Å². The summed E-state index contributed by atoms with van der Waals surface area (Å²) < 4.78 is 5.44. The van der Waals surface area contributed by atoms with Gasteiger partial charge in [0.25, 0.3) is 0 Å². The molecule has 2 aromatic rings. The lowest BCUT2D eigenvalue weighted by molar-refractivity contribution is 0.409. The van der Waals surface area contributed by atoms with Crippen LogP contribution in [0, 0.1) is 0 Å². The van der Waals surface area contributed by atoms with Gasteiger partial charge in [0.05, 0.1) is 12.8 Å². The van der Waals surface area contributed by atoms with Gasteiger partial charge in [-0.1, -0.05) is 12.1 Å². The van der Waals surface area contributed by atoms with Gasteiger partial charge in [-0.25, -0.2) is 0 Å². The van der Waals surface area contributed by atoms with Crippen molar-refractivity contribution < 1.29 is 4.74 Å². The highest BCUT2D eigenvalue weighted by molar-refractivity contribution is 6.16. The minimum Gasteiger partial charge on any atom is -0.496 e. The van der Waals surface area contributed by atoms with E-state index in [1.165, 1.54) is 5.56 Å².